The van der Waals surface area contributed by atoms with E-state index in [0.717, 1.165) is 32.2 Å². The van der Waals surface area contributed by atoms with Crippen LogP contribution in [-0.4, -0.2) is 42.0 Å². The zero-order valence-electron chi connectivity index (χ0n) is 12.7. The maximum atomic E-state index is 13.2. The Kier molecular flexibility index (Phi) is 10.3. The summed E-state index contributed by atoms with van der Waals surface area (Å²) in [5.41, 5.74) is 4.42. The van der Waals surface area contributed by atoms with Gasteiger partial charge in [0.05, 0.1) is 0 Å². The van der Waals surface area contributed by atoms with Gasteiger partial charge in [0.1, 0.15) is 0 Å². The third-order valence-electron chi connectivity index (χ3n) is 3.41. The zero-order valence-corrected chi connectivity index (χ0v) is 13.9. The van der Waals surface area contributed by atoms with Crippen LogP contribution in [-0.2, 0) is 4.79 Å². The molecule has 120 valence electrons. The number of nitrogens with two attached hydrogens (primary N) is 1. The van der Waals surface area contributed by atoms with Crippen LogP contribution in [0.4, 0.5) is 8.78 Å². The summed E-state index contributed by atoms with van der Waals surface area (Å²) < 4.78 is 26.5. The Morgan fingerprint density at radius 2 is 1.90 bits per heavy atom. The molecule has 0 aliphatic carbocycles. The number of rotatable bonds is 7. The van der Waals surface area contributed by atoms with Crippen LogP contribution in [0.5, 0.6) is 0 Å². The first-order valence-electron chi connectivity index (χ1n) is 7.56. The number of halogens is 2. The first kappa shape index (κ1) is 19.7. The predicted molar refractivity (Wildman–Crippen MR) is 83.1 cm³/mol. The number of carbonyl (C=O) groups is 1. The highest BCUT2D eigenvalue weighted by Gasteiger charge is 2.40. The summed E-state index contributed by atoms with van der Waals surface area (Å²) in [4.78, 5) is 12.6. The highest BCUT2D eigenvalue weighted by Crippen LogP contribution is 2.33. The maximum absolute atomic E-state index is 13.2. The number of amides is 1. The molecule has 1 rings (SSSR count). The van der Waals surface area contributed by atoms with Crippen molar-refractivity contribution in [3.8, 4) is 0 Å². The molecule has 20 heavy (non-hydrogen) atoms. The van der Waals surface area contributed by atoms with E-state index in [2.05, 4.69) is 14.1 Å². The number of hydrogen-bond acceptors (Lipinski definition) is 2. The van der Waals surface area contributed by atoms with Gasteiger partial charge in [0.25, 0.3) is 5.92 Å². The molecule has 0 saturated carbocycles. The molecule has 0 aromatic carbocycles. The van der Waals surface area contributed by atoms with Gasteiger partial charge >= 0.3 is 0 Å². The Morgan fingerprint density at radius 3 is 2.45 bits per heavy atom. The smallest absolute Gasteiger partial charge is 0.256 e. The second-order valence-electron chi connectivity index (χ2n) is 5.05. The van der Waals surface area contributed by atoms with Crippen LogP contribution in [0.1, 0.15) is 52.4 Å². The highest BCUT2D eigenvalue weighted by atomic mass is 31.0. The van der Waals surface area contributed by atoms with E-state index in [1.807, 2.05) is 13.8 Å². The van der Waals surface area contributed by atoms with Gasteiger partial charge in [-0.3, -0.25) is 4.79 Å². The number of hydrogen-bond donors (Lipinski definition) is 1. The second kappa shape index (κ2) is 10.4. The monoisotopic (exact) mass is 310 g/mol. The van der Waals surface area contributed by atoms with Gasteiger partial charge in [0, 0.05) is 31.6 Å². The van der Waals surface area contributed by atoms with Crippen molar-refractivity contribution in [3.63, 3.8) is 0 Å². The van der Waals surface area contributed by atoms with Crippen LogP contribution in [0, 0.1) is 0 Å². The summed E-state index contributed by atoms with van der Waals surface area (Å²) in [6.07, 6.45) is 4.26. The standard InChI is InChI=1S/C12H23F2N2OP.C2H6/c13-12(14)6-8-16(9-10(12)18)7-4-2-1-3-5-11(15)17;1-2/h10H,1-9,18H2,(H2,15,17);1-2H3. The van der Waals surface area contributed by atoms with Crippen LogP contribution < -0.4 is 5.73 Å². The Hall–Kier alpha value is -0.280. The summed E-state index contributed by atoms with van der Waals surface area (Å²) in [7, 11) is 2.26. The summed E-state index contributed by atoms with van der Waals surface area (Å²) in [5, 5.41) is 0. The normalized spacial score (nSPS) is 21.9. The molecule has 0 aromatic heterocycles. The fraction of sp³-hybridized carbons (Fsp3) is 0.929. The van der Waals surface area contributed by atoms with E-state index in [4.69, 9.17) is 5.73 Å². The number of carbonyl (C=O) groups excluding carboxylic acids is 1. The van der Waals surface area contributed by atoms with Crippen LogP contribution >= 0.6 is 9.24 Å². The van der Waals surface area contributed by atoms with Crippen LogP contribution in [0.3, 0.4) is 0 Å². The Morgan fingerprint density at radius 1 is 1.30 bits per heavy atom. The molecule has 0 radical (unpaired) electrons. The van der Waals surface area contributed by atoms with Gasteiger partial charge < -0.3 is 10.6 Å². The van der Waals surface area contributed by atoms with E-state index in [-0.39, 0.29) is 12.3 Å². The number of alkyl halides is 2. The van der Waals surface area contributed by atoms with E-state index in [0.29, 0.717) is 19.5 Å². The SMILES string of the molecule is CC.NC(=O)CCCCCCN1CCC(F)(F)C(P)C1. The fourth-order valence-electron chi connectivity index (χ4n) is 2.19. The number of likely N-dealkylation sites (tertiary alicyclic amines) is 1. The largest absolute Gasteiger partial charge is 0.370 e. The topological polar surface area (TPSA) is 46.3 Å². The average Bonchev–Trinajstić information content (AvgIpc) is 2.40. The number of primary amides is 1. The lowest BCUT2D eigenvalue weighted by Gasteiger charge is -2.36. The molecule has 1 aliphatic rings. The number of unbranched alkanes of at least 4 members (excludes halogenated alkanes) is 3. The van der Waals surface area contributed by atoms with Gasteiger partial charge in [-0.1, -0.05) is 26.7 Å². The molecule has 0 aromatic rings. The second-order valence-corrected chi connectivity index (χ2v) is 5.85. The molecule has 2 unspecified atom stereocenters. The minimum atomic E-state index is -2.53. The molecule has 2 atom stereocenters. The third-order valence-corrected chi connectivity index (χ3v) is 4.10. The van der Waals surface area contributed by atoms with E-state index >= 15 is 0 Å². The third kappa shape index (κ3) is 8.11. The number of nitrogens with zero attached hydrogens (tertiary/aromatic N) is 1. The van der Waals surface area contributed by atoms with Crippen molar-refractivity contribution in [1.82, 2.24) is 4.90 Å². The molecule has 3 nitrogen and oxygen atoms in total. The molecule has 1 heterocycles. The lowest BCUT2D eigenvalue weighted by Crippen LogP contribution is -2.47. The van der Waals surface area contributed by atoms with E-state index in [1.165, 1.54) is 0 Å². The van der Waals surface area contributed by atoms with Gasteiger partial charge in [-0.2, -0.15) is 0 Å². The predicted octanol–water partition coefficient (Wildman–Crippen LogP) is 3.03. The Bertz CT molecular complexity index is 278. The molecule has 0 bridgehead atoms. The first-order chi connectivity index (χ1) is 9.42. The maximum Gasteiger partial charge on any atom is 0.256 e. The van der Waals surface area contributed by atoms with Gasteiger partial charge in [-0.05, 0) is 19.4 Å². The molecular formula is C14H29F2N2OP. The lowest BCUT2D eigenvalue weighted by molar-refractivity contribution is -0.118. The van der Waals surface area contributed by atoms with Crippen LogP contribution in [0.15, 0.2) is 0 Å². The highest BCUT2D eigenvalue weighted by molar-refractivity contribution is 7.17. The lowest BCUT2D eigenvalue weighted by atomic mass is 10.1. The van der Waals surface area contributed by atoms with Crippen molar-refractivity contribution in [2.24, 2.45) is 5.73 Å². The van der Waals surface area contributed by atoms with Crippen LogP contribution in [0.2, 0.25) is 0 Å². The summed E-state index contributed by atoms with van der Waals surface area (Å²) in [6, 6.07) is 0. The molecular weight excluding hydrogens is 281 g/mol. The molecule has 1 amide bonds. The van der Waals surface area contributed by atoms with E-state index in [9.17, 15) is 13.6 Å². The minimum Gasteiger partial charge on any atom is -0.370 e. The van der Waals surface area contributed by atoms with E-state index < -0.39 is 11.6 Å². The molecule has 0 spiro atoms. The van der Waals surface area contributed by atoms with Crippen molar-refractivity contribution in [1.29, 1.82) is 0 Å². The molecule has 1 saturated heterocycles. The van der Waals surface area contributed by atoms with Gasteiger partial charge in [0.2, 0.25) is 5.91 Å². The summed E-state index contributed by atoms with van der Waals surface area (Å²) in [6.45, 7) is 5.82. The van der Waals surface area contributed by atoms with E-state index in [1.54, 1.807) is 0 Å². The minimum absolute atomic E-state index is 0.0388. The Labute approximate surface area is 123 Å². The molecule has 6 heteroatoms. The van der Waals surface area contributed by atoms with Crippen molar-refractivity contribution in [3.05, 3.63) is 0 Å². The fourth-order valence-corrected chi connectivity index (χ4v) is 2.65. The Balaban J connectivity index is 0.00000172. The molecule has 2 N–H and O–H groups in total. The first-order valence-corrected chi connectivity index (χ1v) is 8.22. The van der Waals surface area contributed by atoms with Crippen LogP contribution in [0.25, 0.3) is 0 Å². The van der Waals surface area contributed by atoms with Gasteiger partial charge in [0.15, 0.2) is 0 Å². The van der Waals surface area contributed by atoms with Crippen molar-refractivity contribution >= 4 is 15.1 Å². The van der Waals surface area contributed by atoms with Crippen molar-refractivity contribution in [2.45, 2.75) is 64.0 Å². The quantitative estimate of drug-likeness (QED) is 0.580. The average molecular weight is 310 g/mol. The molecule has 1 aliphatic heterocycles. The van der Waals surface area contributed by atoms with Crippen molar-refractivity contribution in [2.75, 3.05) is 19.6 Å². The zero-order chi connectivity index (χ0) is 15.6. The number of piperidine rings is 1. The molecule has 1 fully saturated rings. The summed E-state index contributed by atoms with van der Waals surface area (Å²) in [5.74, 6) is -2.78. The van der Waals surface area contributed by atoms with Crippen molar-refractivity contribution < 1.29 is 13.6 Å². The van der Waals surface area contributed by atoms with Gasteiger partial charge in [-0.15, -0.1) is 9.24 Å². The van der Waals surface area contributed by atoms with Gasteiger partial charge in [-0.25, -0.2) is 8.78 Å². The summed E-state index contributed by atoms with van der Waals surface area (Å²) >= 11 is 0.